The SMILES string of the molecule is COc1ccc(F)cc1S(=O)(=O)N(C)CC(=O)N1C[C@@H](C(=O)NCCc2ccccc2)Oc2ccccc21. The molecule has 1 heterocycles. The third-order valence-corrected chi connectivity index (χ3v) is 7.92. The van der Waals surface area contributed by atoms with E-state index in [9.17, 15) is 22.4 Å². The van der Waals surface area contributed by atoms with E-state index in [4.69, 9.17) is 9.47 Å². The summed E-state index contributed by atoms with van der Waals surface area (Å²) in [5.74, 6) is -1.45. The molecule has 4 rings (SSSR count). The first-order valence-corrected chi connectivity index (χ1v) is 13.3. The molecular formula is C27H28FN3O6S. The highest BCUT2D eigenvalue weighted by Crippen LogP contribution is 2.34. The maximum atomic E-state index is 13.8. The zero-order chi connectivity index (χ0) is 27.3. The molecule has 38 heavy (non-hydrogen) atoms. The van der Waals surface area contributed by atoms with Crippen molar-refractivity contribution in [2.24, 2.45) is 0 Å². The summed E-state index contributed by atoms with van der Waals surface area (Å²) < 4.78 is 51.9. The van der Waals surface area contributed by atoms with Gasteiger partial charge in [0.15, 0.2) is 6.10 Å². The highest BCUT2D eigenvalue weighted by molar-refractivity contribution is 7.89. The van der Waals surface area contributed by atoms with Gasteiger partial charge in [-0.15, -0.1) is 0 Å². The van der Waals surface area contributed by atoms with E-state index in [1.807, 2.05) is 30.3 Å². The van der Waals surface area contributed by atoms with Crippen LogP contribution in [0.15, 0.2) is 77.7 Å². The fraction of sp³-hybridized carbons (Fsp3) is 0.259. The third-order valence-electron chi connectivity index (χ3n) is 6.09. The van der Waals surface area contributed by atoms with Crippen molar-refractivity contribution >= 4 is 27.5 Å². The van der Waals surface area contributed by atoms with Crippen molar-refractivity contribution in [1.82, 2.24) is 9.62 Å². The molecule has 9 nitrogen and oxygen atoms in total. The topological polar surface area (TPSA) is 105 Å². The Morgan fingerprint density at radius 3 is 2.55 bits per heavy atom. The summed E-state index contributed by atoms with van der Waals surface area (Å²) in [5, 5.41) is 2.84. The van der Waals surface area contributed by atoms with E-state index in [0.717, 1.165) is 22.0 Å². The van der Waals surface area contributed by atoms with Gasteiger partial charge in [-0.05, 0) is 42.3 Å². The van der Waals surface area contributed by atoms with Crippen molar-refractivity contribution in [3.63, 3.8) is 0 Å². The van der Waals surface area contributed by atoms with Crippen LogP contribution in [-0.2, 0) is 26.0 Å². The number of nitrogens with one attached hydrogen (secondary N) is 1. The monoisotopic (exact) mass is 541 g/mol. The molecule has 0 radical (unpaired) electrons. The van der Waals surface area contributed by atoms with Gasteiger partial charge in [0.25, 0.3) is 5.91 Å². The van der Waals surface area contributed by atoms with Crippen molar-refractivity contribution in [2.45, 2.75) is 17.4 Å². The van der Waals surface area contributed by atoms with Crippen LogP contribution in [-0.4, -0.2) is 64.4 Å². The molecular weight excluding hydrogens is 513 g/mol. The Bertz CT molecular complexity index is 1420. The molecule has 1 aliphatic rings. The summed E-state index contributed by atoms with van der Waals surface area (Å²) in [5.41, 5.74) is 1.48. The standard InChI is InChI=1S/C27H28FN3O6S/c1-30(38(34,35)25-16-20(28)12-13-23(25)36-2)18-26(32)31-17-24(37-22-11-7-6-10-21(22)31)27(33)29-15-14-19-8-4-3-5-9-19/h3-13,16,24H,14-15,17-18H2,1-2H3,(H,29,33)/t24-/m0/s1. The fourth-order valence-electron chi connectivity index (χ4n) is 4.08. The Balaban J connectivity index is 1.48. The van der Waals surface area contributed by atoms with Crippen LogP contribution in [0.4, 0.5) is 10.1 Å². The zero-order valence-electron chi connectivity index (χ0n) is 21.0. The van der Waals surface area contributed by atoms with Crippen LogP contribution in [0.25, 0.3) is 0 Å². The number of rotatable bonds is 9. The molecule has 1 N–H and O–H groups in total. The Kier molecular flexibility index (Phi) is 8.28. The summed E-state index contributed by atoms with van der Waals surface area (Å²) in [6.07, 6.45) is -0.361. The lowest BCUT2D eigenvalue weighted by atomic mass is 10.1. The lowest BCUT2D eigenvalue weighted by molar-refractivity contribution is -0.128. The number of halogens is 1. The second-order valence-corrected chi connectivity index (χ2v) is 10.7. The van der Waals surface area contributed by atoms with Crippen LogP contribution in [0.5, 0.6) is 11.5 Å². The number of methoxy groups -OCH3 is 1. The van der Waals surface area contributed by atoms with Gasteiger partial charge in [0.05, 0.1) is 25.9 Å². The molecule has 3 aromatic rings. The van der Waals surface area contributed by atoms with Gasteiger partial charge in [-0.2, -0.15) is 4.31 Å². The number of likely N-dealkylation sites (N-methyl/N-ethyl adjacent to an activating group) is 1. The summed E-state index contributed by atoms with van der Waals surface area (Å²) in [7, 11) is -1.78. The number of hydrogen-bond donors (Lipinski definition) is 1. The smallest absolute Gasteiger partial charge is 0.262 e. The van der Waals surface area contributed by atoms with E-state index in [1.165, 1.54) is 25.1 Å². The Hall–Kier alpha value is -3.96. The average Bonchev–Trinajstić information content (AvgIpc) is 2.92. The molecule has 11 heteroatoms. The fourth-order valence-corrected chi connectivity index (χ4v) is 5.36. The van der Waals surface area contributed by atoms with Crippen molar-refractivity contribution in [2.75, 3.05) is 38.7 Å². The summed E-state index contributed by atoms with van der Waals surface area (Å²) in [4.78, 5) is 27.2. The van der Waals surface area contributed by atoms with Gasteiger partial charge in [-0.3, -0.25) is 9.59 Å². The number of hydrogen-bond acceptors (Lipinski definition) is 6. The first kappa shape index (κ1) is 27.1. The van der Waals surface area contributed by atoms with E-state index in [-0.39, 0.29) is 12.3 Å². The minimum Gasteiger partial charge on any atom is -0.495 e. The van der Waals surface area contributed by atoms with E-state index in [0.29, 0.717) is 24.4 Å². The number of para-hydroxylation sites is 2. The van der Waals surface area contributed by atoms with Gasteiger partial charge >= 0.3 is 0 Å². The van der Waals surface area contributed by atoms with Gasteiger partial charge in [-0.1, -0.05) is 42.5 Å². The molecule has 0 saturated carbocycles. The number of sulfonamides is 1. The largest absolute Gasteiger partial charge is 0.495 e. The quantitative estimate of drug-likeness (QED) is 0.447. The van der Waals surface area contributed by atoms with Crippen LogP contribution in [0.3, 0.4) is 0 Å². The molecule has 200 valence electrons. The van der Waals surface area contributed by atoms with Crippen LogP contribution in [0.1, 0.15) is 5.56 Å². The first-order chi connectivity index (χ1) is 18.2. The Morgan fingerprint density at radius 2 is 1.82 bits per heavy atom. The van der Waals surface area contributed by atoms with Crippen molar-refractivity contribution in [1.29, 1.82) is 0 Å². The van der Waals surface area contributed by atoms with Gasteiger partial charge in [0.1, 0.15) is 22.2 Å². The molecule has 1 aliphatic heterocycles. The number of amides is 2. The molecule has 0 aliphatic carbocycles. The summed E-state index contributed by atoms with van der Waals surface area (Å²) in [6, 6.07) is 19.5. The van der Waals surface area contributed by atoms with Crippen LogP contribution < -0.4 is 19.7 Å². The van der Waals surface area contributed by atoms with Gasteiger partial charge in [0, 0.05) is 13.6 Å². The Morgan fingerprint density at radius 1 is 1.11 bits per heavy atom. The maximum absolute atomic E-state index is 13.8. The lowest BCUT2D eigenvalue weighted by Gasteiger charge is -2.35. The number of carbonyl (C=O) groups is 2. The number of nitrogens with zero attached hydrogens (tertiary/aromatic N) is 2. The molecule has 3 aromatic carbocycles. The third kappa shape index (κ3) is 5.95. The molecule has 0 spiro atoms. The molecule has 0 saturated heterocycles. The molecule has 0 unspecified atom stereocenters. The second kappa shape index (κ2) is 11.6. The van der Waals surface area contributed by atoms with Crippen LogP contribution >= 0.6 is 0 Å². The molecule has 0 bridgehead atoms. The summed E-state index contributed by atoms with van der Waals surface area (Å²) in [6.45, 7) is -0.280. The predicted molar refractivity (Wildman–Crippen MR) is 139 cm³/mol. The number of carbonyl (C=O) groups excluding carboxylic acids is 2. The Labute approximate surface area is 220 Å². The van der Waals surface area contributed by atoms with Gasteiger partial charge < -0.3 is 19.7 Å². The summed E-state index contributed by atoms with van der Waals surface area (Å²) >= 11 is 0. The number of fused-ring (bicyclic) bond motifs is 1. The highest BCUT2D eigenvalue weighted by Gasteiger charge is 2.35. The lowest BCUT2D eigenvalue weighted by Crippen LogP contribution is -2.52. The van der Waals surface area contributed by atoms with Crippen molar-refractivity contribution in [3.05, 3.63) is 84.2 Å². The number of anilines is 1. The van der Waals surface area contributed by atoms with E-state index >= 15 is 0 Å². The molecule has 0 fully saturated rings. The van der Waals surface area contributed by atoms with E-state index in [1.54, 1.807) is 24.3 Å². The minimum atomic E-state index is -4.27. The van der Waals surface area contributed by atoms with Gasteiger partial charge in [0.2, 0.25) is 15.9 Å². The highest BCUT2D eigenvalue weighted by atomic mass is 32.2. The van der Waals surface area contributed by atoms with Gasteiger partial charge in [-0.25, -0.2) is 12.8 Å². The second-order valence-electron chi connectivity index (χ2n) is 8.66. The molecule has 1 atom stereocenters. The minimum absolute atomic E-state index is 0.0466. The number of ether oxygens (including phenoxy) is 2. The zero-order valence-corrected chi connectivity index (χ0v) is 21.8. The van der Waals surface area contributed by atoms with Crippen molar-refractivity contribution in [3.8, 4) is 11.5 Å². The average molecular weight is 542 g/mol. The van der Waals surface area contributed by atoms with Crippen LogP contribution in [0.2, 0.25) is 0 Å². The first-order valence-electron chi connectivity index (χ1n) is 11.9. The molecule has 0 aromatic heterocycles. The normalized spacial score (nSPS) is 14.9. The number of benzene rings is 3. The van der Waals surface area contributed by atoms with Crippen LogP contribution in [0, 0.1) is 5.82 Å². The van der Waals surface area contributed by atoms with E-state index < -0.39 is 45.2 Å². The van der Waals surface area contributed by atoms with Crippen molar-refractivity contribution < 1.29 is 31.9 Å². The molecule has 2 amide bonds. The maximum Gasteiger partial charge on any atom is 0.262 e. The van der Waals surface area contributed by atoms with E-state index in [2.05, 4.69) is 5.32 Å². The predicted octanol–water partition coefficient (Wildman–Crippen LogP) is 2.61.